The summed E-state index contributed by atoms with van der Waals surface area (Å²) in [5.41, 5.74) is 14.7. The van der Waals surface area contributed by atoms with E-state index in [0.29, 0.717) is 29.8 Å². The molecular weight excluding hydrogens is 548 g/mol. The van der Waals surface area contributed by atoms with E-state index >= 15 is 0 Å². The highest BCUT2D eigenvalue weighted by molar-refractivity contribution is 6.07. The first-order chi connectivity index (χ1) is 22.1. The molecule has 2 aliphatic carbocycles. The number of hydrogen-bond acceptors (Lipinski definition) is 4. The van der Waals surface area contributed by atoms with E-state index in [9.17, 15) is 0 Å². The summed E-state index contributed by atoms with van der Waals surface area (Å²) in [4.78, 5) is 9.27. The van der Waals surface area contributed by atoms with Crippen LogP contribution in [0.2, 0.25) is 0 Å². The number of nitrogens with two attached hydrogens (primary N) is 1. The monoisotopic (exact) mass is 590 g/mol. The number of rotatable bonds is 8. The molecule has 7 rings (SSSR count). The highest BCUT2D eigenvalue weighted by Crippen LogP contribution is 2.47. The Hall–Kier alpha value is -4.38. The van der Waals surface area contributed by atoms with E-state index in [4.69, 9.17) is 5.73 Å². The SMILES string of the molecule is C=C/C=C\C(=C)C1C2CC=CCC2NC2C(C/C=C\[C@@H](N)c3ccc(-c4ccnc5c4ccc4cccnc45)cc3)=CCCC21. The maximum atomic E-state index is 6.70. The first kappa shape index (κ1) is 29.3. The van der Waals surface area contributed by atoms with Crippen molar-refractivity contribution in [3.05, 3.63) is 145 Å². The molecule has 45 heavy (non-hydrogen) atoms. The van der Waals surface area contributed by atoms with Crippen molar-refractivity contribution < 1.29 is 0 Å². The first-order valence-electron chi connectivity index (χ1n) is 16.4. The Morgan fingerprint density at radius 1 is 0.978 bits per heavy atom. The molecule has 3 N–H and O–H groups in total. The summed E-state index contributed by atoms with van der Waals surface area (Å²) in [5.74, 6) is 1.65. The van der Waals surface area contributed by atoms with Crippen molar-refractivity contribution in [3.63, 3.8) is 0 Å². The Labute approximate surface area is 266 Å². The highest BCUT2D eigenvalue weighted by Gasteiger charge is 2.46. The predicted octanol–water partition coefficient (Wildman–Crippen LogP) is 8.95. The average molecular weight is 591 g/mol. The number of fused-ring (bicyclic) bond motifs is 5. The van der Waals surface area contributed by atoms with Crippen molar-refractivity contribution in [1.29, 1.82) is 0 Å². The lowest BCUT2D eigenvalue weighted by atomic mass is 9.61. The molecule has 1 saturated heterocycles. The second kappa shape index (κ2) is 12.9. The standard InChI is InChI=1S/C41H42N4/c1-3-4-10-27(2)38-34-14-5-6-17-37(34)45-39-30(11-7-15-35(38)39)12-8-16-36(42)29-20-18-28(19-21-29)32-24-26-44-41-33(32)23-22-31-13-9-25-43-40(31)41/h3-6,8-11,13,16,18-26,34-39,45H,1-2,7,12,14-15,17,42H2/b10-4-,16-8-/t34?,35?,36-,37?,38?,39?/m1/s1. The Balaban J connectivity index is 1.06. The molecule has 4 aromatic rings. The molecule has 0 saturated carbocycles. The lowest BCUT2D eigenvalue weighted by Gasteiger charge is -2.51. The van der Waals surface area contributed by atoms with Gasteiger partial charge in [-0.2, -0.15) is 0 Å². The summed E-state index contributed by atoms with van der Waals surface area (Å²) in [5, 5.41) is 6.29. The Bertz CT molecular complexity index is 1840. The molecule has 0 amide bonds. The van der Waals surface area contributed by atoms with Gasteiger partial charge in [-0.25, -0.2) is 0 Å². The molecule has 1 aliphatic heterocycles. The van der Waals surface area contributed by atoms with Crippen LogP contribution in [0.4, 0.5) is 0 Å². The molecule has 4 heteroatoms. The minimum Gasteiger partial charge on any atom is -0.321 e. The fourth-order valence-electron chi connectivity index (χ4n) is 8.03. The van der Waals surface area contributed by atoms with Gasteiger partial charge in [0.2, 0.25) is 0 Å². The topological polar surface area (TPSA) is 63.8 Å². The zero-order chi connectivity index (χ0) is 30.8. The van der Waals surface area contributed by atoms with Gasteiger partial charge in [0.05, 0.1) is 11.0 Å². The lowest BCUT2D eigenvalue weighted by molar-refractivity contribution is 0.102. The number of allylic oxidation sites excluding steroid dienone is 7. The van der Waals surface area contributed by atoms with Crippen LogP contribution in [0, 0.1) is 17.8 Å². The van der Waals surface area contributed by atoms with Crippen LogP contribution in [0.3, 0.4) is 0 Å². The van der Waals surface area contributed by atoms with E-state index in [1.807, 2.05) is 30.6 Å². The Kier molecular flexibility index (Phi) is 8.43. The molecule has 3 aliphatic rings. The van der Waals surface area contributed by atoms with Gasteiger partial charge in [-0.05, 0) is 78.7 Å². The zero-order valence-electron chi connectivity index (χ0n) is 25.9. The smallest absolute Gasteiger partial charge is 0.0970 e. The van der Waals surface area contributed by atoms with E-state index in [1.54, 1.807) is 0 Å². The molecule has 4 nitrogen and oxygen atoms in total. The van der Waals surface area contributed by atoms with Gasteiger partial charge in [-0.15, -0.1) is 0 Å². The second-order valence-corrected chi connectivity index (χ2v) is 12.7. The molecule has 2 aromatic heterocycles. The third-order valence-corrected chi connectivity index (χ3v) is 10.2. The summed E-state index contributed by atoms with van der Waals surface area (Å²) >= 11 is 0. The molecule has 3 heterocycles. The first-order valence-corrected chi connectivity index (χ1v) is 16.4. The second-order valence-electron chi connectivity index (χ2n) is 12.7. The molecule has 0 spiro atoms. The normalized spacial score (nSPS) is 25.3. The minimum absolute atomic E-state index is 0.162. The number of aromatic nitrogens is 2. The van der Waals surface area contributed by atoms with E-state index < -0.39 is 0 Å². The van der Waals surface area contributed by atoms with Gasteiger partial charge in [0.25, 0.3) is 0 Å². The molecule has 0 bridgehead atoms. The summed E-state index contributed by atoms with van der Waals surface area (Å²) in [6.45, 7) is 8.43. The molecule has 0 radical (unpaired) electrons. The van der Waals surface area contributed by atoms with Crippen molar-refractivity contribution in [2.75, 3.05) is 0 Å². The van der Waals surface area contributed by atoms with Crippen molar-refractivity contribution in [3.8, 4) is 11.1 Å². The maximum Gasteiger partial charge on any atom is 0.0970 e. The third-order valence-electron chi connectivity index (χ3n) is 10.2. The summed E-state index contributed by atoms with van der Waals surface area (Å²) in [6.07, 6.45) is 26.9. The van der Waals surface area contributed by atoms with Gasteiger partial charge in [-0.3, -0.25) is 9.97 Å². The van der Waals surface area contributed by atoms with Crippen LogP contribution in [0.15, 0.2) is 140 Å². The van der Waals surface area contributed by atoms with Crippen molar-refractivity contribution in [1.82, 2.24) is 15.3 Å². The lowest BCUT2D eigenvalue weighted by Crippen LogP contribution is -2.58. The summed E-state index contributed by atoms with van der Waals surface area (Å²) in [6, 6.07) is 19.8. The van der Waals surface area contributed by atoms with Crippen molar-refractivity contribution in [2.45, 2.75) is 50.2 Å². The maximum absolute atomic E-state index is 6.70. The third kappa shape index (κ3) is 5.77. The average Bonchev–Trinajstić information content (AvgIpc) is 3.09. The minimum atomic E-state index is -0.162. The van der Waals surface area contributed by atoms with Crippen LogP contribution in [0.1, 0.15) is 43.7 Å². The number of benzene rings is 2. The van der Waals surface area contributed by atoms with Gasteiger partial charge in [0.15, 0.2) is 0 Å². The van der Waals surface area contributed by atoms with Crippen molar-refractivity contribution in [2.24, 2.45) is 23.5 Å². The summed E-state index contributed by atoms with van der Waals surface area (Å²) in [7, 11) is 0. The van der Waals surface area contributed by atoms with Gasteiger partial charge >= 0.3 is 0 Å². The van der Waals surface area contributed by atoms with E-state index in [0.717, 1.165) is 64.2 Å². The fraction of sp³-hybridized carbons (Fsp3) is 0.268. The van der Waals surface area contributed by atoms with Crippen molar-refractivity contribution >= 4 is 21.8 Å². The van der Waals surface area contributed by atoms with E-state index in [2.05, 4.69) is 113 Å². The van der Waals surface area contributed by atoms with E-state index in [-0.39, 0.29) is 6.04 Å². The van der Waals surface area contributed by atoms with Gasteiger partial charge in [-0.1, -0.05) is 115 Å². The van der Waals surface area contributed by atoms with Crippen LogP contribution in [0.5, 0.6) is 0 Å². The van der Waals surface area contributed by atoms with Crippen LogP contribution in [-0.4, -0.2) is 22.1 Å². The number of pyridine rings is 2. The van der Waals surface area contributed by atoms with Crippen LogP contribution >= 0.6 is 0 Å². The number of nitrogens with one attached hydrogen (secondary N) is 1. The quantitative estimate of drug-likeness (QED) is 0.122. The Morgan fingerprint density at radius 3 is 2.69 bits per heavy atom. The van der Waals surface area contributed by atoms with Crippen LogP contribution in [-0.2, 0) is 0 Å². The number of piperidine rings is 1. The molecule has 2 aromatic carbocycles. The van der Waals surface area contributed by atoms with Gasteiger partial charge in [0, 0.05) is 41.3 Å². The predicted molar refractivity (Wildman–Crippen MR) is 189 cm³/mol. The van der Waals surface area contributed by atoms with Gasteiger partial charge in [0.1, 0.15) is 0 Å². The van der Waals surface area contributed by atoms with E-state index in [1.165, 1.54) is 17.6 Å². The molecule has 6 atom stereocenters. The molecule has 1 fully saturated rings. The number of hydrogen-bond donors (Lipinski definition) is 2. The van der Waals surface area contributed by atoms with Crippen LogP contribution < -0.4 is 11.1 Å². The molecular formula is C41H42N4. The Morgan fingerprint density at radius 2 is 1.82 bits per heavy atom. The van der Waals surface area contributed by atoms with Crippen LogP contribution in [0.25, 0.3) is 32.9 Å². The number of nitrogens with zero attached hydrogens (tertiary/aromatic N) is 2. The molecule has 226 valence electrons. The fourth-order valence-corrected chi connectivity index (χ4v) is 8.03. The molecule has 5 unspecified atom stereocenters. The highest BCUT2D eigenvalue weighted by atomic mass is 15.0. The van der Waals surface area contributed by atoms with Gasteiger partial charge < -0.3 is 11.1 Å². The zero-order valence-corrected chi connectivity index (χ0v) is 25.9. The summed E-state index contributed by atoms with van der Waals surface area (Å²) < 4.78 is 0. The largest absolute Gasteiger partial charge is 0.321 e.